The van der Waals surface area contributed by atoms with Crippen LogP contribution in [0.25, 0.3) is 0 Å². The normalized spacial score (nSPS) is 16.8. The third-order valence-electron chi connectivity index (χ3n) is 4.94. The Hall–Kier alpha value is -2.28. The summed E-state index contributed by atoms with van der Waals surface area (Å²) in [6.45, 7) is 5.65. The van der Waals surface area contributed by atoms with E-state index in [0.717, 1.165) is 30.8 Å². The number of piperidine rings is 1. The molecule has 7 heteroatoms. The van der Waals surface area contributed by atoms with Gasteiger partial charge in [0.05, 0.1) is 0 Å². The van der Waals surface area contributed by atoms with Gasteiger partial charge in [-0.1, -0.05) is 5.16 Å². The molecule has 2 aromatic heterocycles. The van der Waals surface area contributed by atoms with Gasteiger partial charge in [-0.15, -0.1) is 0 Å². The van der Waals surface area contributed by atoms with Gasteiger partial charge in [-0.3, -0.25) is 9.78 Å². The van der Waals surface area contributed by atoms with Crippen LogP contribution in [0.1, 0.15) is 47.0 Å². The van der Waals surface area contributed by atoms with Crippen molar-refractivity contribution < 1.29 is 14.1 Å². The highest BCUT2D eigenvalue weighted by atomic mass is 16.5. The Morgan fingerprint density at radius 3 is 2.72 bits per heavy atom. The third-order valence-corrected chi connectivity index (χ3v) is 4.94. The van der Waals surface area contributed by atoms with Gasteiger partial charge in [0.2, 0.25) is 5.89 Å². The zero-order valence-electron chi connectivity index (χ0n) is 15.0. The number of rotatable bonds is 5. The summed E-state index contributed by atoms with van der Waals surface area (Å²) in [6, 6.07) is 3.60. The van der Waals surface area contributed by atoms with E-state index in [1.807, 2.05) is 17.9 Å². The maximum absolute atomic E-state index is 12.7. The molecule has 0 atom stereocenters. The molecule has 134 valence electrons. The van der Waals surface area contributed by atoms with Crippen LogP contribution in [0.4, 0.5) is 0 Å². The first-order valence-electron chi connectivity index (χ1n) is 8.56. The molecule has 3 rings (SSSR count). The summed E-state index contributed by atoms with van der Waals surface area (Å²) in [5.41, 5.74) is 1.34. The van der Waals surface area contributed by atoms with Crippen molar-refractivity contribution in [3.63, 3.8) is 0 Å². The molecule has 1 aliphatic rings. The quantitative estimate of drug-likeness (QED) is 0.828. The van der Waals surface area contributed by atoms with Gasteiger partial charge in [0.25, 0.3) is 5.91 Å². The molecule has 0 spiro atoms. The van der Waals surface area contributed by atoms with Crippen molar-refractivity contribution in [2.75, 3.05) is 26.8 Å². The molecule has 0 N–H and O–H groups in total. The zero-order valence-corrected chi connectivity index (χ0v) is 15.0. The number of hydrogen-bond acceptors (Lipinski definition) is 6. The summed E-state index contributed by atoms with van der Waals surface area (Å²) in [4.78, 5) is 23.2. The number of aromatic nitrogens is 3. The lowest BCUT2D eigenvalue weighted by atomic mass is 9.75. The van der Waals surface area contributed by atoms with E-state index in [2.05, 4.69) is 15.1 Å². The second kappa shape index (κ2) is 7.31. The number of methoxy groups -OCH3 is 1. The van der Waals surface area contributed by atoms with E-state index in [-0.39, 0.29) is 11.3 Å². The van der Waals surface area contributed by atoms with Crippen molar-refractivity contribution in [1.29, 1.82) is 0 Å². The molecule has 1 amide bonds. The van der Waals surface area contributed by atoms with E-state index in [0.29, 0.717) is 31.2 Å². The summed E-state index contributed by atoms with van der Waals surface area (Å²) in [5.74, 6) is 1.35. The van der Waals surface area contributed by atoms with E-state index < -0.39 is 0 Å². The Morgan fingerprint density at radius 1 is 1.36 bits per heavy atom. The van der Waals surface area contributed by atoms with E-state index in [9.17, 15) is 4.79 Å². The molecule has 3 heterocycles. The van der Waals surface area contributed by atoms with Crippen LogP contribution in [0.3, 0.4) is 0 Å². The molecule has 1 fully saturated rings. The molecule has 1 saturated heterocycles. The lowest BCUT2D eigenvalue weighted by molar-refractivity contribution is 0.0616. The molecule has 25 heavy (non-hydrogen) atoms. The number of pyridine rings is 1. The molecule has 0 saturated carbocycles. The SMILES string of the molecule is COCCC1(c2noc(C)n2)CCN(C(=O)c2ccnc(C)c2)CC1. The molecule has 7 nitrogen and oxygen atoms in total. The molecule has 0 radical (unpaired) electrons. The van der Waals surface area contributed by atoms with E-state index in [1.54, 1.807) is 26.3 Å². The second-order valence-corrected chi connectivity index (χ2v) is 6.64. The van der Waals surface area contributed by atoms with Crippen LogP contribution in [0.15, 0.2) is 22.9 Å². The molecule has 1 aliphatic heterocycles. The summed E-state index contributed by atoms with van der Waals surface area (Å²) in [5, 5.41) is 4.15. The van der Waals surface area contributed by atoms with Crippen molar-refractivity contribution >= 4 is 5.91 Å². The minimum absolute atomic E-state index is 0.0511. The Labute approximate surface area is 147 Å². The average Bonchev–Trinajstić information content (AvgIpc) is 3.07. The number of ether oxygens (including phenoxy) is 1. The highest BCUT2D eigenvalue weighted by Crippen LogP contribution is 2.37. The number of amides is 1. The number of aryl methyl sites for hydroxylation is 2. The molecule has 2 aromatic rings. The monoisotopic (exact) mass is 344 g/mol. The summed E-state index contributed by atoms with van der Waals surface area (Å²) in [7, 11) is 1.69. The topological polar surface area (TPSA) is 81.4 Å². The standard InChI is InChI=1S/C18H24N4O3/c1-13-12-15(4-8-19-13)16(23)22-9-5-18(6-10-22,7-11-24-3)17-20-14(2)25-21-17/h4,8,12H,5-7,9-11H2,1-3H3. The molecule has 0 aromatic carbocycles. The Kier molecular flexibility index (Phi) is 5.13. The number of nitrogens with zero attached hydrogens (tertiary/aromatic N) is 4. The minimum atomic E-state index is -0.196. The number of hydrogen-bond donors (Lipinski definition) is 0. The highest BCUT2D eigenvalue weighted by molar-refractivity contribution is 5.94. The van der Waals surface area contributed by atoms with Crippen LogP contribution in [0.2, 0.25) is 0 Å². The number of carbonyl (C=O) groups excluding carboxylic acids is 1. The maximum Gasteiger partial charge on any atom is 0.253 e. The first-order valence-corrected chi connectivity index (χ1v) is 8.56. The van der Waals surface area contributed by atoms with Crippen molar-refractivity contribution in [2.24, 2.45) is 0 Å². The minimum Gasteiger partial charge on any atom is -0.385 e. The molecule has 0 aliphatic carbocycles. The van der Waals surface area contributed by atoms with Crippen LogP contribution in [0, 0.1) is 13.8 Å². The molecule has 0 unspecified atom stereocenters. The van der Waals surface area contributed by atoms with Gasteiger partial charge in [-0.25, -0.2) is 0 Å². The Balaban J connectivity index is 1.74. The number of carbonyl (C=O) groups is 1. The molecular weight excluding hydrogens is 320 g/mol. The van der Waals surface area contributed by atoms with Crippen LogP contribution >= 0.6 is 0 Å². The fraction of sp³-hybridized carbons (Fsp3) is 0.556. The van der Waals surface area contributed by atoms with Crippen molar-refractivity contribution in [3.05, 3.63) is 41.3 Å². The smallest absolute Gasteiger partial charge is 0.253 e. The zero-order chi connectivity index (χ0) is 17.9. The highest BCUT2D eigenvalue weighted by Gasteiger charge is 2.41. The third kappa shape index (κ3) is 3.71. The fourth-order valence-electron chi connectivity index (χ4n) is 3.40. The van der Waals surface area contributed by atoms with Gasteiger partial charge < -0.3 is 14.2 Å². The Morgan fingerprint density at radius 2 is 2.12 bits per heavy atom. The van der Waals surface area contributed by atoms with E-state index in [1.165, 1.54) is 0 Å². The van der Waals surface area contributed by atoms with E-state index in [4.69, 9.17) is 9.26 Å². The van der Waals surface area contributed by atoms with Gasteiger partial charge in [0.15, 0.2) is 5.82 Å². The van der Waals surface area contributed by atoms with Crippen molar-refractivity contribution in [3.8, 4) is 0 Å². The van der Waals surface area contributed by atoms with Crippen LogP contribution in [-0.4, -0.2) is 52.7 Å². The lowest BCUT2D eigenvalue weighted by Gasteiger charge is -2.39. The van der Waals surface area contributed by atoms with Gasteiger partial charge in [0, 0.05) is 56.6 Å². The molecule has 0 bridgehead atoms. The van der Waals surface area contributed by atoms with Crippen LogP contribution < -0.4 is 0 Å². The predicted molar refractivity (Wildman–Crippen MR) is 91.3 cm³/mol. The van der Waals surface area contributed by atoms with Gasteiger partial charge in [-0.05, 0) is 38.3 Å². The van der Waals surface area contributed by atoms with Gasteiger partial charge in [0.1, 0.15) is 0 Å². The van der Waals surface area contributed by atoms with E-state index >= 15 is 0 Å². The van der Waals surface area contributed by atoms with Crippen LogP contribution in [-0.2, 0) is 10.2 Å². The van der Waals surface area contributed by atoms with Crippen molar-refractivity contribution in [2.45, 2.75) is 38.5 Å². The maximum atomic E-state index is 12.7. The predicted octanol–water partition coefficient (Wildman–Crippen LogP) is 2.29. The molecular formula is C18H24N4O3. The average molecular weight is 344 g/mol. The van der Waals surface area contributed by atoms with Gasteiger partial charge >= 0.3 is 0 Å². The fourth-order valence-corrected chi connectivity index (χ4v) is 3.40. The summed E-state index contributed by atoms with van der Waals surface area (Å²) >= 11 is 0. The van der Waals surface area contributed by atoms with Gasteiger partial charge in [-0.2, -0.15) is 4.98 Å². The first-order chi connectivity index (χ1) is 12.0. The number of likely N-dealkylation sites (tertiary alicyclic amines) is 1. The lowest BCUT2D eigenvalue weighted by Crippen LogP contribution is -2.46. The largest absolute Gasteiger partial charge is 0.385 e. The summed E-state index contributed by atoms with van der Waals surface area (Å²) < 4.78 is 10.5. The summed E-state index contributed by atoms with van der Waals surface area (Å²) in [6.07, 6.45) is 4.09. The van der Waals surface area contributed by atoms with Crippen molar-refractivity contribution in [1.82, 2.24) is 20.0 Å². The second-order valence-electron chi connectivity index (χ2n) is 6.64. The first kappa shape index (κ1) is 17.5. The van der Waals surface area contributed by atoms with Crippen LogP contribution in [0.5, 0.6) is 0 Å². The Bertz CT molecular complexity index is 735.